The summed E-state index contributed by atoms with van der Waals surface area (Å²) in [5, 5.41) is 4.78. The van der Waals surface area contributed by atoms with Crippen molar-refractivity contribution in [1.29, 1.82) is 0 Å². The van der Waals surface area contributed by atoms with E-state index in [1.165, 1.54) is 49.4 Å². The number of halogens is 2. The van der Waals surface area contributed by atoms with E-state index in [1.54, 1.807) is 30.3 Å². The van der Waals surface area contributed by atoms with Crippen LogP contribution in [0.15, 0.2) is 82.8 Å². The Bertz CT molecular complexity index is 1460. The molecule has 0 aliphatic carbocycles. The van der Waals surface area contributed by atoms with Gasteiger partial charge in [-0.25, -0.2) is 12.8 Å². The van der Waals surface area contributed by atoms with E-state index in [-0.39, 0.29) is 22.8 Å². The molecule has 0 radical (unpaired) electrons. The largest absolute Gasteiger partial charge is 0.283 e. The lowest BCUT2D eigenvalue weighted by Crippen LogP contribution is -2.27. The standard InChI is InChI=1S/C23H21ClFN3O4S2/c1-2-33(29,30)27-21-9-4-3-8-20(21)22-15-23(16-6-5-7-18(25)14-16)28(26-22)34(31,32)19-12-10-17(24)11-13-19/h3-14,23,27H,2,15H2,1H3/t23-/m1/s1. The Hall–Kier alpha value is -2.95. The van der Waals surface area contributed by atoms with Crippen molar-refractivity contribution in [3.63, 3.8) is 0 Å². The highest BCUT2D eigenvalue weighted by atomic mass is 35.5. The van der Waals surface area contributed by atoms with Crippen LogP contribution in [0.4, 0.5) is 10.1 Å². The van der Waals surface area contributed by atoms with E-state index in [4.69, 9.17) is 11.6 Å². The summed E-state index contributed by atoms with van der Waals surface area (Å²) in [6.07, 6.45) is 0.112. The Morgan fingerprint density at radius 1 is 1.03 bits per heavy atom. The van der Waals surface area contributed by atoms with Gasteiger partial charge in [0.1, 0.15) is 5.82 Å². The lowest BCUT2D eigenvalue weighted by molar-refractivity contribution is 0.370. The van der Waals surface area contributed by atoms with Crippen molar-refractivity contribution in [1.82, 2.24) is 4.41 Å². The predicted molar refractivity (Wildman–Crippen MR) is 130 cm³/mol. The zero-order valence-corrected chi connectivity index (χ0v) is 20.4. The van der Waals surface area contributed by atoms with Crippen LogP contribution in [0.5, 0.6) is 0 Å². The maximum absolute atomic E-state index is 14.0. The molecule has 1 aliphatic rings. The molecule has 3 aromatic carbocycles. The Morgan fingerprint density at radius 2 is 1.74 bits per heavy atom. The van der Waals surface area contributed by atoms with E-state index in [1.807, 2.05) is 0 Å². The lowest BCUT2D eigenvalue weighted by atomic mass is 9.98. The molecule has 0 saturated carbocycles. The van der Waals surface area contributed by atoms with Crippen LogP contribution >= 0.6 is 11.6 Å². The number of nitrogens with zero attached hydrogens (tertiary/aromatic N) is 2. The molecule has 0 aromatic heterocycles. The molecule has 0 fully saturated rings. The number of anilines is 1. The van der Waals surface area contributed by atoms with E-state index in [2.05, 4.69) is 9.82 Å². The van der Waals surface area contributed by atoms with Crippen molar-refractivity contribution in [2.75, 3.05) is 10.5 Å². The Kier molecular flexibility index (Phi) is 6.66. The molecule has 1 atom stereocenters. The van der Waals surface area contributed by atoms with Gasteiger partial charge in [-0.05, 0) is 55.0 Å². The summed E-state index contributed by atoms with van der Waals surface area (Å²) < 4.78 is 68.9. The van der Waals surface area contributed by atoms with E-state index in [0.29, 0.717) is 21.9 Å². The van der Waals surface area contributed by atoms with Crippen LogP contribution in [-0.4, -0.2) is 32.7 Å². The normalized spacial score (nSPS) is 16.4. The van der Waals surface area contributed by atoms with Gasteiger partial charge in [0.2, 0.25) is 10.0 Å². The van der Waals surface area contributed by atoms with Gasteiger partial charge in [-0.3, -0.25) is 4.72 Å². The Morgan fingerprint density at radius 3 is 2.41 bits per heavy atom. The van der Waals surface area contributed by atoms with Crippen LogP contribution in [0.2, 0.25) is 5.02 Å². The quantitative estimate of drug-likeness (QED) is 0.484. The highest BCUT2D eigenvalue weighted by Gasteiger charge is 2.38. The first-order chi connectivity index (χ1) is 16.1. The van der Waals surface area contributed by atoms with Gasteiger partial charge in [-0.1, -0.05) is 41.9 Å². The molecule has 11 heteroatoms. The third-order valence-corrected chi connectivity index (χ3v) is 8.59. The smallest absolute Gasteiger partial charge is 0.279 e. The maximum atomic E-state index is 14.0. The third-order valence-electron chi connectivity index (χ3n) is 5.35. The van der Waals surface area contributed by atoms with Crippen molar-refractivity contribution in [2.45, 2.75) is 24.3 Å². The molecule has 34 heavy (non-hydrogen) atoms. The van der Waals surface area contributed by atoms with E-state index in [9.17, 15) is 21.2 Å². The van der Waals surface area contributed by atoms with E-state index in [0.717, 1.165) is 4.41 Å². The molecular formula is C23H21ClFN3O4S2. The first-order valence-corrected chi connectivity index (χ1v) is 13.8. The van der Waals surface area contributed by atoms with Gasteiger partial charge in [-0.15, -0.1) is 0 Å². The second-order valence-corrected chi connectivity index (χ2v) is 11.8. The SMILES string of the molecule is CCS(=O)(=O)Nc1ccccc1C1=NN(S(=O)(=O)c2ccc(Cl)cc2)[C@@H](c2cccc(F)c2)C1. The van der Waals surface area contributed by atoms with Crippen LogP contribution in [0.1, 0.15) is 30.5 Å². The van der Waals surface area contributed by atoms with Crippen LogP contribution in [0.3, 0.4) is 0 Å². The summed E-state index contributed by atoms with van der Waals surface area (Å²) in [6, 6.07) is 17.1. The van der Waals surface area contributed by atoms with Gasteiger partial charge in [-0.2, -0.15) is 17.9 Å². The van der Waals surface area contributed by atoms with Gasteiger partial charge < -0.3 is 0 Å². The van der Waals surface area contributed by atoms with Gasteiger partial charge in [0, 0.05) is 17.0 Å². The fourth-order valence-corrected chi connectivity index (χ4v) is 5.83. The van der Waals surface area contributed by atoms with Crippen LogP contribution in [-0.2, 0) is 20.0 Å². The summed E-state index contributed by atoms with van der Waals surface area (Å²) in [5.74, 6) is -0.637. The predicted octanol–water partition coefficient (Wildman–Crippen LogP) is 4.78. The molecule has 0 unspecified atom stereocenters. The molecule has 178 valence electrons. The first-order valence-electron chi connectivity index (χ1n) is 10.3. The first kappa shape index (κ1) is 24.2. The average Bonchev–Trinajstić information content (AvgIpc) is 3.26. The molecule has 1 N–H and O–H groups in total. The van der Waals surface area contributed by atoms with E-state index >= 15 is 0 Å². The second kappa shape index (κ2) is 9.36. The molecule has 0 amide bonds. The summed E-state index contributed by atoms with van der Waals surface area (Å²) in [6.45, 7) is 1.51. The zero-order valence-electron chi connectivity index (χ0n) is 18.0. The molecule has 1 aliphatic heterocycles. The minimum absolute atomic E-state index is 0.0247. The highest BCUT2D eigenvalue weighted by molar-refractivity contribution is 7.92. The minimum atomic E-state index is -4.13. The van der Waals surface area contributed by atoms with Gasteiger partial charge in [0.05, 0.1) is 28.1 Å². The monoisotopic (exact) mass is 521 g/mol. The van der Waals surface area contributed by atoms with Crippen molar-refractivity contribution in [2.24, 2.45) is 5.10 Å². The van der Waals surface area contributed by atoms with Crippen molar-refractivity contribution < 1.29 is 21.2 Å². The number of rotatable bonds is 7. The van der Waals surface area contributed by atoms with Crippen molar-refractivity contribution >= 4 is 43.0 Å². The summed E-state index contributed by atoms with van der Waals surface area (Å²) in [5.41, 5.74) is 1.49. The maximum Gasteiger partial charge on any atom is 0.279 e. The number of hydrogen-bond donors (Lipinski definition) is 1. The van der Waals surface area contributed by atoms with Gasteiger partial charge in [0.15, 0.2) is 0 Å². The van der Waals surface area contributed by atoms with Gasteiger partial charge in [0.25, 0.3) is 10.0 Å². The van der Waals surface area contributed by atoms with Crippen LogP contribution < -0.4 is 4.72 Å². The summed E-state index contributed by atoms with van der Waals surface area (Å²) >= 11 is 5.92. The number of nitrogens with one attached hydrogen (secondary N) is 1. The fraction of sp³-hybridized carbons (Fsp3) is 0.174. The topological polar surface area (TPSA) is 95.9 Å². The summed E-state index contributed by atoms with van der Waals surface area (Å²) in [4.78, 5) is -0.0247. The second-order valence-electron chi connectivity index (χ2n) is 7.60. The zero-order chi connectivity index (χ0) is 24.5. The Balaban J connectivity index is 1.83. The molecule has 1 heterocycles. The molecule has 0 spiro atoms. The number of benzene rings is 3. The molecular weight excluding hydrogens is 501 g/mol. The average molecular weight is 522 g/mol. The van der Waals surface area contributed by atoms with Crippen molar-refractivity contribution in [3.05, 3.63) is 94.8 Å². The van der Waals surface area contributed by atoms with Gasteiger partial charge >= 0.3 is 0 Å². The summed E-state index contributed by atoms with van der Waals surface area (Å²) in [7, 11) is -7.72. The van der Waals surface area contributed by atoms with Crippen LogP contribution in [0.25, 0.3) is 0 Å². The van der Waals surface area contributed by atoms with Crippen LogP contribution in [0, 0.1) is 5.82 Å². The molecule has 4 rings (SSSR count). The number of para-hydroxylation sites is 1. The number of hydrazone groups is 1. The molecule has 3 aromatic rings. The molecule has 7 nitrogen and oxygen atoms in total. The number of hydrogen-bond acceptors (Lipinski definition) is 5. The Labute approximate surface area is 203 Å². The molecule has 0 saturated heterocycles. The fourth-order valence-electron chi connectivity index (χ4n) is 3.61. The molecule has 0 bridgehead atoms. The highest BCUT2D eigenvalue weighted by Crippen LogP contribution is 2.38. The van der Waals surface area contributed by atoms with E-state index < -0.39 is 31.9 Å². The third kappa shape index (κ3) is 4.94. The lowest BCUT2D eigenvalue weighted by Gasteiger charge is -2.23. The minimum Gasteiger partial charge on any atom is -0.283 e. The number of sulfonamides is 2. The van der Waals surface area contributed by atoms with Crippen molar-refractivity contribution in [3.8, 4) is 0 Å².